The minimum absolute atomic E-state index is 0. The number of sulfonamides is 1. The monoisotopic (exact) mass is 350 g/mol. The number of hydrogen-bond donors (Lipinski definition) is 1. The second kappa shape index (κ2) is 6.05. The predicted molar refractivity (Wildman–Crippen MR) is 86.7 cm³/mol. The van der Waals surface area contributed by atoms with Crippen LogP contribution in [0.1, 0.15) is 18.4 Å². The average Bonchev–Trinajstić information content (AvgIpc) is 3.00. The van der Waals surface area contributed by atoms with Crippen LogP contribution in [-0.2, 0) is 10.0 Å². The third-order valence-corrected chi connectivity index (χ3v) is 6.77. The molecule has 2 aliphatic heterocycles. The molecule has 21 heavy (non-hydrogen) atoms. The van der Waals surface area contributed by atoms with Crippen molar-refractivity contribution < 1.29 is 8.42 Å². The summed E-state index contributed by atoms with van der Waals surface area (Å²) in [6.45, 7) is 5.00. The Balaban J connectivity index is 0.00000161. The molecule has 0 amide bonds. The first-order valence-electron chi connectivity index (χ1n) is 6.90. The van der Waals surface area contributed by atoms with Crippen LogP contribution in [0.5, 0.6) is 0 Å². The van der Waals surface area contributed by atoms with Gasteiger partial charge in [-0.1, -0.05) is 17.7 Å². The molecule has 1 unspecified atom stereocenters. The maximum atomic E-state index is 12.7. The molecule has 0 aliphatic carbocycles. The van der Waals surface area contributed by atoms with E-state index in [1.807, 2.05) is 6.92 Å². The Bertz CT molecular complexity index is 628. The van der Waals surface area contributed by atoms with Gasteiger partial charge in [-0.25, -0.2) is 8.42 Å². The molecule has 3 rings (SSSR count). The molecule has 2 fully saturated rings. The fraction of sp³-hybridized carbons (Fsp3) is 0.571. The van der Waals surface area contributed by atoms with E-state index in [4.69, 9.17) is 11.6 Å². The van der Waals surface area contributed by atoms with E-state index in [0.29, 0.717) is 18.1 Å². The maximum absolute atomic E-state index is 12.7. The van der Waals surface area contributed by atoms with E-state index in [1.165, 1.54) is 0 Å². The predicted octanol–water partition coefficient (Wildman–Crippen LogP) is 2.44. The fourth-order valence-electron chi connectivity index (χ4n) is 3.20. The van der Waals surface area contributed by atoms with Crippen molar-refractivity contribution in [3.8, 4) is 0 Å². The van der Waals surface area contributed by atoms with Crippen molar-refractivity contribution >= 4 is 34.0 Å². The van der Waals surface area contributed by atoms with Gasteiger partial charge >= 0.3 is 0 Å². The van der Waals surface area contributed by atoms with Crippen LogP contribution in [0.2, 0.25) is 5.02 Å². The van der Waals surface area contributed by atoms with Crippen molar-refractivity contribution in [2.75, 3.05) is 26.2 Å². The summed E-state index contributed by atoms with van der Waals surface area (Å²) in [7, 11) is -3.48. The highest BCUT2D eigenvalue weighted by atomic mass is 35.5. The highest BCUT2D eigenvalue weighted by Gasteiger charge is 2.44. The molecule has 1 N–H and O–H groups in total. The lowest BCUT2D eigenvalue weighted by Crippen LogP contribution is -2.33. The molecule has 0 bridgehead atoms. The fourth-order valence-corrected chi connectivity index (χ4v) is 5.32. The van der Waals surface area contributed by atoms with Gasteiger partial charge < -0.3 is 5.32 Å². The Morgan fingerprint density at radius 1 is 1.33 bits per heavy atom. The Morgan fingerprint density at radius 2 is 2.10 bits per heavy atom. The van der Waals surface area contributed by atoms with Crippen LogP contribution in [0.15, 0.2) is 23.1 Å². The summed E-state index contributed by atoms with van der Waals surface area (Å²) in [5.41, 5.74) is 1.09. The number of rotatable bonds is 2. The van der Waals surface area contributed by atoms with Crippen molar-refractivity contribution in [1.82, 2.24) is 9.62 Å². The highest BCUT2D eigenvalue weighted by Crippen LogP contribution is 2.39. The van der Waals surface area contributed by atoms with Gasteiger partial charge in [-0.3, -0.25) is 0 Å². The van der Waals surface area contributed by atoms with Gasteiger partial charge in [0.15, 0.2) is 0 Å². The molecule has 4 nitrogen and oxygen atoms in total. The summed E-state index contributed by atoms with van der Waals surface area (Å²) in [4.78, 5) is 0.229. The lowest BCUT2D eigenvalue weighted by Gasteiger charge is -2.23. The van der Waals surface area contributed by atoms with Crippen LogP contribution < -0.4 is 5.32 Å². The molecule has 2 aliphatic rings. The molecule has 1 aromatic rings. The van der Waals surface area contributed by atoms with E-state index in [2.05, 4.69) is 5.32 Å². The van der Waals surface area contributed by atoms with Crippen molar-refractivity contribution in [3.05, 3.63) is 28.8 Å². The smallest absolute Gasteiger partial charge is 0.244 e. The molecule has 7 heteroatoms. The number of aryl methyl sites for hydroxylation is 1. The Kier molecular flexibility index (Phi) is 4.90. The number of halogens is 2. The van der Waals surface area contributed by atoms with Gasteiger partial charge in [0, 0.05) is 19.6 Å². The van der Waals surface area contributed by atoms with Crippen LogP contribution >= 0.6 is 24.0 Å². The van der Waals surface area contributed by atoms with E-state index in [1.54, 1.807) is 22.5 Å². The van der Waals surface area contributed by atoms with E-state index in [9.17, 15) is 8.42 Å². The minimum Gasteiger partial charge on any atom is -0.316 e. The zero-order chi connectivity index (χ0) is 14.4. The zero-order valence-corrected chi connectivity index (χ0v) is 14.3. The van der Waals surface area contributed by atoms with Gasteiger partial charge in [-0.2, -0.15) is 4.31 Å². The van der Waals surface area contributed by atoms with Gasteiger partial charge in [-0.05, 0) is 49.4 Å². The normalized spacial score (nSPS) is 26.2. The average molecular weight is 351 g/mol. The molecular formula is C14H20Cl2N2O2S. The molecular weight excluding hydrogens is 331 g/mol. The lowest BCUT2D eigenvalue weighted by molar-refractivity contribution is 0.338. The summed E-state index contributed by atoms with van der Waals surface area (Å²) in [5.74, 6) is 0. The molecule has 2 heterocycles. The second-order valence-corrected chi connectivity index (χ2v) is 8.26. The first kappa shape index (κ1) is 17.0. The molecule has 1 aromatic carbocycles. The number of nitrogens with one attached hydrogen (secondary N) is 1. The van der Waals surface area contributed by atoms with Crippen molar-refractivity contribution in [1.29, 1.82) is 0 Å². The van der Waals surface area contributed by atoms with Crippen LogP contribution in [0.3, 0.4) is 0 Å². The van der Waals surface area contributed by atoms with Crippen molar-refractivity contribution in [2.24, 2.45) is 5.41 Å². The van der Waals surface area contributed by atoms with Crippen LogP contribution in [0.25, 0.3) is 0 Å². The Morgan fingerprint density at radius 3 is 2.71 bits per heavy atom. The van der Waals surface area contributed by atoms with Gasteiger partial charge in [0.25, 0.3) is 0 Å². The topological polar surface area (TPSA) is 49.4 Å². The highest BCUT2D eigenvalue weighted by molar-refractivity contribution is 7.89. The molecule has 0 radical (unpaired) electrons. The minimum atomic E-state index is -3.48. The first-order chi connectivity index (χ1) is 9.43. The molecule has 0 saturated carbocycles. The molecule has 0 aromatic heterocycles. The summed E-state index contributed by atoms with van der Waals surface area (Å²) < 4.78 is 27.0. The van der Waals surface area contributed by atoms with Gasteiger partial charge in [-0.15, -0.1) is 12.4 Å². The number of benzene rings is 1. The van der Waals surface area contributed by atoms with Gasteiger partial charge in [0.1, 0.15) is 4.90 Å². The summed E-state index contributed by atoms with van der Waals surface area (Å²) >= 11 is 6.13. The SMILES string of the molecule is Cc1ccc(S(=O)(=O)N2CCC3(CCNC3)C2)c(Cl)c1.Cl. The standard InChI is InChI=1S/C14H19ClN2O2S.ClH/c1-11-2-3-13(12(15)8-11)20(18,19)17-7-5-14(10-17)4-6-16-9-14;/h2-3,8,16H,4-7,9-10H2,1H3;1H. The Labute approximate surface area is 137 Å². The van der Waals surface area contributed by atoms with E-state index >= 15 is 0 Å². The molecule has 1 atom stereocenters. The molecule has 1 spiro atoms. The lowest BCUT2D eigenvalue weighted by atomic mass is 9.87. The third kappa shape index (κ3) is 3.08. The largest absolute Gasteiger partial charge is 0.316 e. The summed E-state index contributed by atoms with van der Waals surface area (Å²) in [5, 5.41) is 3.65. The zero-order valence-electron chi connectivity index (χ0n) is 11.9. The van der Waals surface area contributed by atoms with Gasteiger partial charge in [0.05, 0.1) is 5.02 Å². The number of nitrogens with zero attached hydrogens (tertiary/aromatic N) is 1. The van der Waals surface area contributed by atoms with E-state index in [0.717, 1.165) is 31.5 Å². The van der Waals surface area contributed by atoms with Gasteiger partial charge in [0.2, 0.25) is 10.0 Å². The number of hydrogen-bond acceptors (Lipinski definition) is 3. The van der Waals surface area contributed by atoms with E-state index in [-0.39, 0.29) is 22.7 Å². The van der Waals surface area contributed by atoms with Crippen LogP contribution in [0.4, 0.5) is 0 Å². The summed E-state index contributed by atoms with van der Waals surface area (Å²) in [6, 6.07) is 5.12. The molecule has 2 saturated heterocycles. The van der Waals surface area contributed by atoms with Crippen molar-refractivity contribution in [2.45, 2.75) is 24.7 Å². The molecule has 118 valence electrons. The Hall–Kier alpha value is -0.330. The maximum Gasteiger partial charge on any atom is 0.244 e. The third-order valence-electron chi connectivity index (χ3n) is 4.44. The van der Waals surface area contributed by atoms with Crippen molar-refractivity contribution in [3.63, 3.8) is 0 Å². The van der Waals surface area contributed by atoms with E-state index < -0.39 is 10.0 Å². The first-order valence-corrected chi connectivity index (χ1v) is 8.72. The second-order valence-electron chi connectivity index (χ2n) is 5.95. The van der Waals surface area contributed by atoms with Crippen LogP contribution in [0, 0.1) is 12.3 Å². The summed E-state index contributed by atoms with van der Waals surface area (Å²) in [6.07, 6.45) is 1.99. The quantitative estimate of drug-likeness (QED) is 0.891. The van der Waals surface area contributed by atoms with Crippen LogP contribution in [-0.4, -0.2) is 38.9 Å².